The van der Waals surface area contributed by atoms with E-state index in [9.17, 15) is 5.11 Å². The van der Waals surface area contributed by atoms with Crippen molar-refractivity contribution in [2.24, 2.45) is 28.3 Å². The Balaban J connectivity index is 1.23. The molecule has 3 N–H and O–H groups in total. The highest BCUT2D eigenvalue weighted by atomic mass is 32.1. The first kappa shape index (κ1) is 27.2. The van der Waals surface area contributed by atoms with Crippen LogP contribution in [0.3, 0.4) is 0 Å². The zero-order valence-electron chi connectivity index (χ0n) is 24.2. The van der Waals surface area contributed by atoms with Crippen LogP contribution in [-0.4, -0.2) is 28.8 Å². The highest BCUT2D eigenvalue weighted by molar-refractivity contribution is 7.80. The van der Waals surface area contributed by atoms with Crippen LogP contribution < -0.4 is 20.2 Å². The third-order valence-electron chi connectivity index (χ3n) is 10.2. The van der Waals surface area contributed by atoms with Crippen molar-refractivity contribution in [3.05, 3.63) is 76.9 Å². The molecule has 0 aromatic heterocycles. The molecule has 0 spiro atoms. The Morgan fingerprint density at radius 2 is 1.93 bits per heavy atom. The monoisotopic (exact) mass is 579 g/mol. The number of ether oxygens (including phenoxy) is 2. The number of aliphatic hydroxyl groups excluding tert-OH is 1. The quantitative estimate of drug-likeness (QED) is 0.214. The van der Waals surface area contributed by atoms with E-state index >= 15 is 0 Å². The molecule has 42 heavy (non-hydrogen) atoms. The first-order valence-electron chi connectivity index (χ1n) is 15.1. The van der Waals surface area contributed by atoms with Gasteiger partial charge in [0, 0.05) is 17.5 Å². The van der Waals surface area contributed by atoms with E-state index in [1.165, 1.54) is 16.7 Å². The minimum Gasteiger partial charge on any atom is -0.454 e. The van der Waals surface area contributed by atoms with Crippen LogP contribution in [0.5, 0.6) is 11.5 Å². The summed E-state index contributed by atoms with van der Waals surface area (Å²) in [6.07, 6.45) is 7.66. The average Bonchev–Trinajstić information content (AvgIpc) is 3.58. The number of anilines is 1. The molecule has 0 saturated heterocycles. The van der Waals surface area contributed by atoms with Crippen LogP contribution in [0, 0.1) is 35.0 Å². The molecule has 2 aromatic carbocycles. The predicted molar refractivity (Wildman–Crippen MR) is 169 cm³/mol. The maximum atomic E-state index is 11.6. The molecular formula is C35H37N3O3S. The lowest BCUT2D eigenvalue weighted by Gasteiger charge is -2.52. The maximum Gasteiger partial charge on any atom is 0.231 e. The summed E-state index contributed by atoms with van der Waals surface area (Å²) in [7, 11) is 0. The second-order valence-corrected chi connectivity index (χ2v) is 12.9. The van der Waals surface area contributed by atoms with Crippen LogP contribution in [0.15, 0.2) is 76.4 Å². The number of hydrogen-bond acceptors (Lipinski definition) is 5. The second kappa shape index (κ2) is 10.9. The van der Waals surface area contributed by atoms with Gasteiger partial charge in [-0.15, -0.1) is 5.92 Å². The van der Waals surface area contributed by atoms with E-state index in [4.69, 9.17) is 21.7 Å². The lowest BCUT2D eigenvalue weighted by Crippen LogP contribution is -2.45. The molecule has 5 aliphatic rings. The molecule has 216 valence electrons. The topological polar surface area (TPSA) is 75.1 Å². The number of nitrogens with zero attached hydrogens (tertiary/aromatic N) is 1. The number of nitrogens with one attached hydrogen (secondary N) is 2. The summed E-state index contributed by atoms with van der Waals surface area (Å²) in [6.45, 7) is 4.47. The zero-order valence-corrected chi connectivity index (χ0v) is 25.0. The Kier molecular flexibility index (Phi) is 7.08. The van der Waals surface area contributed by atoms with Crippen molar-refractivity contribution >= 4 is 28.7 Å². The molecule has 1 unspecified atom stereocenters. The van der Waals surface area contributed by atoms with Crippen molar-refractivity contribution in [1.82, 2.24) is 5.43 Å². The van der Waals surface area contributed by atoms with Crippen molar-refractivity contribution in [2.45, 2.75) is 64.4 Å². The first-order valence-corrected chi connectivity index (χ1v) is 15.5. The third-order valence-corrected chi connectivity index (χ3v) is 10.4. The van der Waals surface area contributed by atoms with E-state index in [1.54, 1.807) is 5.57 Å². The van der Waals surface area contributed by atoms with Crippen molar-refractivity contribution in [2.75, 3.05) is 12.1 Å². The van der Waals surface area contributed by atoms with Crippen molar-refractivity contribution in [3.8, 4) is 23.3 Å². The summed E-state index contributed by atoms with van der Waals surface area (Å²) in [4.78, 5) is 0. The first-order chi connectivity index (χ1) is 20.4. The lowest BCUT2D eigenvalue weighted by atomic mass is 9.53. The Morgan fingerprint density at radius 1 is 1.10 bits per heavy atom. The SMILES string of the molecule is CC#CC1C[C@H]2[C@@H]3CCC4=C/C(=N/NC(=S)Nc5ccccc5)CCC4=C3[C@@H](c3ccc4c(c3)OCO4)C[C@]2(C)[C@H]1O. The van der Waals surface area contributed by atoms with Crippen molar-refractivity contribution in [3.63, 3.8) is 0 Å². The molecule has 6 atom stereocenters. The lowest BCUT2D eigenvalue weighted by molar-refractivity contribution is -0.0102. The molecule has 6 nitrogen and oxygen atoms in total. The highest BCUT2D eigenvalue weighted by Crippen LogP contribution is 2.65. The summed E-state index contributed by atoms with van der Waals surface area (Å²) in [5.74, 6) is 9.19. The van der Waals surface area contributed by atoms with Gasteiger partial charge in [0.25, 0.3) is 0 Å². The molecule has 0 radical (unpaired) electrons. The fourth-order valence-corrected chi connectivity index (χ4v) is 8.51. The van der Waals surface area contributed by atoms with Gasteiger partial charge in [-0.3, -0.25) is 5.43 Å². The fraction of sp³-hybridized carbons (Fsp3) is 0.429. The Labute approximate surface area is 253 Å². The van der Waals surface area contributed by atoms with Gasteiger partial charge in [-0.2, -0.15) is 5.10 Å². The Hall–Kier alpha value is -3.60. The van der Waals surface area contributed by atoms with Gasteiger partial charge < -0.3 is 19.9 Å². The zero-order chi connectivity index (χ0) is 28.8. The highest BCUT2D eigenvalue weighted by Gasteiger charge is 2.59. The number of benzene rings is 2. The van der Waals surface area contributed by atoms with Crippen molar-refractivity contribution < 1.29 is 14.6 Å². The van der Waals surface area contributed by atoms with Gasteiger partial charge >= 0.3 is 0 Å². The minimum absolute atomic E-state index is 0.0354. The van der Waals surface area contributed by atoms with Crippen molar-refractivity contribution in [1.29, 1.82) is 0 Å². The van der Waals surface area contributed by atoms with Crippen LogP contribution in [0.2, 0.25) is 0 Å². The summed E-state index contributed by atoms with van der Waals surface area (Å²) in [5.41, 5.74) is 10.5. The minimum atomic E-state index is -0.417. The molecule has 7 heteroatoms. The van der Waals surface area contributed by atoms with E-state index in [2.05, 4.69) is 52.8 Å². The van der Waals surface area contributed by atoms with E-state index < -0.39 is 6.10 Å². The third kappa shape index (κ3) is 4.71. The number of fused-ring (bicyclic) bond motifs is 5. The molecule has 4 aliphatic carbocycles. The van der Waals surface area contributed by atoms with Gasteiger partial charge in [0.2, 0.25) is 6.79 Å². The number of rotatable bonds is 3. The molecule has 1 aliphatic heterocycles. The fourth-order valence-electron chi connectivity index (χ4n) is 8.34. The molecule has 0 bridgehead atoms. The van der Waals surface area contributed by atoms with Crippen LogP contribution in [0.1, 0.15) is 63.9 Å². The summed E-state index contributed by atoms with van der Waals surface area (Å²) < 4.78 is 11.4. The van der Waals surface area contributed by atoms with Gasteiger partial charge in [-0.05, 0) is 122 Å². The molecule has 2 fully saturated rings. The number of allylic oxidation sites excluding steroid dienone is 4. The van der Waals surface area contributed by atoms with Gasteiger partial charge in [0.1, 0.15) is 0 Å². The number of para-hydroxylation sites is 1. The van der Waals surface area contributed by atoms with Crippen LogP contribution >= 0.6 is 12.2 Å². The molecule has 1 heterocycles. The Morgan fingerprint density at radius 3 is 2.76 bits per heavy atom. The van der Waals surface area contributed by atoms with Crippen LogP contribution in [0.25, 0.3) is 0 Å². The standard InChI is InChI=1S/C35H37N3O3S/c1-3-7-23-17-29-27-13-10-21-16-25(37-38-34(42)36-24-8-5-4-6-9-24)12-14-26(21)32(27)28(19-35(29,2)33(23)39)22-11-15-30-31(18-22)41-20-40-30/h4-6,8-9,11,15-16,18,23,27-29,33,39H,10,12-14,17,19-20H2,1-2H3,(H2,36,38,42)/b37-25+/t23?,27-,28+,29-,33-,35-/m0/s1. The number of thiocarbonyl (C=S) groups is 1. The second-order valence-electron chi connectivity index (χ2n) is 12.4. The number of hydrazone groups is 1. The van der Waals surface area contributed by atoms with Crippen LogP contribution in [0.4, 0.5) is 5.69 Å². The smallest absolute Gasteiger partial charge is 0.231 e. The summed E-state index contributed by atoms with van der Waals surface area (Å²) in [6, 6.07) is 16.3. The molecule has 2 aromatic rings. The van der Waals surface area contributed by atoms with E-state index in [0.29, 0.717) is 16.9 Å². The number of aliphatic hydroxyl groups is 1. The van der Waals surface area contributed by atoms with E-state index in [0.717, 1.165) is 61.4 Å². The molecule has 2 saturated carbocycles. The number of hydrogen-bond donors (Lipinski definition) is 3. The van der Waals surface area contributed by atoms with Gasteiger partial charge in [-0.1, -0.05) is 42.7 Å². The molecule has 0 amide bonds. The van der Waals surface area contributed by atoms with E-state index in [-0.39, 0.29) is 24.0 Å². The normalized spacial score (nSPS) is 31.7. The molecular weight excluding hydrogens is 542 g/mol. The summed E-state index contributed by atoms with van der Waals surface area (Å²) in [5, 5.41) is 20.0. The molecule has 7 rings (SSSR count). The van der Waals surface area contributed by atoms with E-state index in [1.807, 2.05) is 43.3 Å². The van der Waals surface area contributed by atoms with Gasteiger partial charge in [-0.25, -0.2) is 0 Å². The summed E-state index contributed by atoms with van der Waals surface area (Å²) >= 11 is 5.48. The Bertz CT molecular complexity index is 1570. The predicted octanol–water partition coefficient (Wildman–Crippen LogP) is 6.70. The van der Waals surface area contributed by atoms with Crippen LogP contribution in [-0.2, 0) is 0 Å². The maximum absolute atomic E-state index is 11.6. The average molecular weight is 580 g/mol. The largest absolute Gasteiger partial charge is 0.454 e. The van der Waals surface area contributed by atoms with Gasteiger partial charge in [0.15, 0.2) is 16.6 Å². The van der Waals surface area contributed by atoms with Gasteiger partial charge in [0.05, 0.1) is 11.8 Å².